The third-order valence-corrected chi connectivity index (χ3v) is 2.18. The second kappa shape index (κ2) is 4.09. The van der Waals surface area contributed by atoms with E-state index in [0.29, 0.717) is 12.0 Å². The van der Waals surface area contributed by atoms with Gasteiger partial charge in [0.25, 0.3) is 0 Å². The van der Waals surface area contributed by atoms with Gasteiger partial charge >= 0.3 is 7.12 Å². The number of rotatable bonds is 2. The van der Waals surface area contributed by atoms with Crippen LogP contribution in [-0.4, -0.2) is 17.2 Å². The minimum atomic E-state index is -1.86. The van der Waals surface area contributed by atoms with E-state index in [1.807, 2.05) is 0 Å². The van der Waals surface area contributed by atoms with Crippen LogP contribution in [0.2, 0.25) is 5.02 Å². The molecule has 0 fully saturated rings. The number of aryl methyl sites for hydroxylation is 1. The molecule has 0 aliphatic rings. The number of hydrogen-bond donors (Lipinski definition) is 2. The molecule has 0 atom stereocenters. The summed E-state index contributed by atoms with van der Waals surface area (Å²) in [5.41, 5.74) is 0.175. The molecule has 0 bridgehead atoms. The van der Waals surface area contributed by atoms with Gasteiger partial charge in [0, 0.05) is 10.5 Å². The first kappa shape index (κ1) is 10.5. The Morgan fingerprint density at radius 1 is 1.46 bits per heavy atom. The number of hydrogen-bond acceptors (Lipinski definition) is 2. The molecule has 2 N–H and O–H groups in total. The lowest BCUT2D eigenvalue weighted by Gasteiger charge is -2.07. The first-order valence-electron chi connectivity index (χ1n) is 3.90. The molecule has 0 unspecified atom stereocenters. The van der Waals surface area contributed by atoms with Crippen LogP contribution in [-0.2, 0) is 6.42 Å². The second-order valence-corrected chi connectivity index (χ2v) is 3.07. The van der Waals surface area contributed by atoms with Crippen LogP contribution >= 0.6 is 11.6 Å². The highest BCUT2D eigenvalue weighted by Crippen LogP contribution is 2.13. The van der Waals surface area contributed by atoms with Crippen molar-refractivity contribution in [1.29, 1.82) is 0 Å². The van der Waals surface area contributed by atoms with Crippen molar-refractivity contribution in [3.63, 3.8) is 0 Å². The fourth-order valence-corrected chi connectivity index (χ4v) is 1.37. The Morgan fingerprint density at radius 2 is 2.08 bits per heavy atom. The first-order chi connectivity index (χ1) is 6.07. The van der Waals surface area contributed by atoms with E-state index in [2.05, 4.69) is 0 Å². The molecule has 1 aromatic carbocycles. The smallest absolute Gasteiger partial charge is 0.423 e. The summed E-state index contributed by atoms with van der Waals surface area (Å²) in [6.45, 7) is 1.78. The highest BCUT2D eigenvalue weighted by atomic mass is 35.5. The van der Waals surface area contributed by atoms with Crippen LogP contribution in [0, 0.1) is 5.82 Å². The van der Waals surface area contributed by atoms with Gasteiger partial charge in [-0.15, -0.1) is 0 Å². The van der Waals surface area contributed by atoms with Gasteiger partial charge in [-0.1, -0.05) is 24.6 Å². The lowest BCUT2D eigenvalue weighted by Crippen LogP contribution is -2.34. The highest BCUT2D eigenvalue weighted by molar-refractivity contribution is 6.62. The van der Waals surface area contributed by atoms with E-state index in [0.717, 1.165) is 0 Å². The zero-order valence-electron chi connectivity index (χ0n) is 7.09. The normalized spacial score (nSPS) is 10.2. The van der Waals surface area contributed by atoms with Gasteiger partial charge in [-0.25, -0.2) is 4.39 Å². The van der Waals surface area contributed by atoms with Crippen LogP contribution in [0.4, 0.5) is 4.39 Å². The van der Waals surface area contributed by atoms with Gasteiger partial charge in [0.1, 0.15) is 5.82 Å². The molecule has 5 heteroatoms. The molecular formula is C8H9BClFO2. The minimum Gasteiger partial charge on any atom is -0.423 e. The van der Waals surface area contributed by atoms with E-state index in [-0.39, 0.29) is 10.5 Å². The Labute approximate surface area is 81.1 Å². The van der Waals surface area contributed by atoms with Crippen molar-refractivity contribution >= 4 is 24.2 Å². The summed E-state index contributed by atoms with van der Waals surface area (Å²) in [5.74, 6) is -0.634. The molecule has 0 heterocycles. The summed E-state index contributed by atoms with van der Waals surface area (Å²) < 4.78 is 13.4. The fraction of sp³-hybridized carbons (Fsp3) is 0.250. The molecule has 0 spiro atoms. The zero-order chi connectivity index (χ0) is 10.0. The molecule has 0 amide bonds. The average molecular weight is 202 g/mol. The Morgan fingerprint density at radius 3 is 2.54 bits per heavy atom. The summed E-state index contributed by atoms with van der Waals surface area (Å²) >= 11 is 5.59. The van der Waals surface area contributed by atoms with Crippen LogP contribution in [0.25, 0.3) is 0 Å². The summed E-state index contributed by atoms with van der Waals surface area (Å²) in [7, 11) is -1.86. The largest absolute Gasteiger partial charge is 0.493 e. The maximum Gasteiger partial charge on any atom is 0.493 e. The Hall–Kier alpha value is -0.575. The topological polar surface area (TPSA) is 40.5 Å². The van der Waals surface area contributed by atoms with Crippen molar-refractivity contribution in [2.75, 3.05) is 0 Å². The van der Waals surface area contributed by atoms with Gasteiger partial charge in [-0.3, -0.25) is 0 Å². The standard InChI is InChI=1S/C8H9BClFO2/c1-2-5-3-4-6(10)7(8(5)11)9(12)13/h3-4,12-13H,2H2,1H3. The van der Waals surface area contributed by atoms with E-state index in [4.69, 9.17) is 21.6 Å². The molecule has 0 aliphatic carbocycles. The molecule has 1 aromatic rings. The van der Waals surface area contributed by atoms with E-state index in [1.165, 1.54) is 12.1 Å². The van der Waals surface area contributed by atoms with Gasteiger partial charge in [0.05, 0.1) is 0 Å². The Balaban J connectivity index is 3.30. The minimum absolute atomic E-state index is 0.0321. The third kappa shape index (κ3) is 2.02. The molecule has 0 radical (unpaired) electrons. The summed E-state index contributed by atoms with van der Waals surface area (Å²) in [6, 6.07) is 2.99. The Kier molecular flexibility index (Phi) is 3.30. The molecule has 0 aromatic heterocycles. The van der Waals surface area contributed by atoms with E-state index in [9.17, 15) is 4.39 Å². The monoisotopic (exact) mass is 202 g/mol. The van der Waals surface area contributed by atoms with Crippen molar-refractivity contribution < 1.29 is 14.4 Å². The van der Waals surface area contributed by atoms with Crippen molar-refractivity contribution in [2.24, 2.45) is 0 Å². The maximum absolute atomic E-state index is 13.4. The SMILES string of the molecule is CCc1ccc(Cl)c(B(O)O)c1F. The van der Waals surface area contributed by atoms with Gasteiger partial charge < -0.3 is 10.0 Å². The van der Waals surface area contributed by atoms with Crippen LogP contribution < -0.4 is 5.46 Å². The van der Waals surface area contributed by atoms with Crippen molar-refractivity contribution in [3.05, 3.63) is 28.5 Å². The summed E-state index contributed by atoms with van der Waals surface area (Å²) in [5, 5.41) is 17.7. The van der Waals surface area contributed by atoms with Crippen molar-refractivity contribution in [1.82, 2.24) is 0 Å². The van der Waals surface area contributed by atoms with Crippen LogP contribution in [0.5, 0.6) is 0 Å². The van der Waals surface area contributed by atoms with E-state index in [1.54, 1.807) is 6.92 Å². The van der Waals surface area contributed by atoms with Gasteiger partial charge in [0.15, 0.2) is 0 Å². The van der Waals surface area contributed by atoms with Crippen molar-refractivity contribution in [3.8, 4) is 0 Å². The first-order valence-corrected chi connectivity index (χ1v) is 4.28. The average Bonchev–Trinajstić information content (AvgIpc) is 2.04. The fourth-order valence-electron chi connectivity index (χ4n) is 1.12. The molecule has 0 aliphatic heterocycles. The van der Waals surface area contributed by atoms with Crippen molar-refractivity contribution in [2.45, 2.75) is 13.3 Å². The lowest BCUT2D eigenvalue weighted by molar-refractivity contribution is 0.422. The van der Waals surface area contributed by atoms with E-state index >= 15 is 0 Å². The molecule has 1 rings (SSSR count). The van der Waals surface area contributed by atoms with Crippen LogP contribution in [0.15, 0.2) is 12.1 Å². The highest BCUT2D eigenvalue weighted by Gasteiger charge is 2.21. The summed E-state index contributed by atoms with van der Waals surface area (Å²) in [4.78, 5) is 0. The summed E-state index contributed by atoms with van der Waals surface area (Å²) in [6.07, 6.45) is 0.489. The predicted molar refractivity (Wildman–Crippen MR) is 50.6 cm³/mol. The van der Waals surface area contributed by atoms with Gasteiger partial charge in [0.2, 0.25) is 0 Å². The molecule has 70 valence electrons. The molecule has 0 saturated carbocycles. The lowest BCUT2D eigenvalue weighted by atomic mass is 9.78. The van der Waals surface area contributed by atoms with E-state index < -0.39 is 12.9 Å². The quantitative estimate of drug-likeness (QED) is 0.694. The van der Waals surface area contributed by atoms with Crippen LogP contribution in [0.1, 0.15) is 12.5 Å². The van der Waals surface area contributed by atoms with Gasteiger partial charge in [-0.05, 0) is 18.1 Å². The van der Waals surface area contributed by atoms with Gasteiger partial charge in [-0.2, -0.15) is 0 Å². The molecule has 0 saturated heterocycles. The third-order valence-electron chi connectivity index (χ3n) is 1.85. The predicted octanol–water partition coefficient (Wildman–Crippen LogP) is 0.721. The number of benzene rings is 1. The second-order valence-electron chi connectivity index (χ2n) is 2.66. The van der Waals surface area contributed by atoms with Crippen LogP contribution in [0.3, 0.4) is 0 Å². The molecule has 2 nitrogen and oxygen atoms in total. The maximum atomic E-state index is 13.4. The molecule has 13 heavy (non-hydrogen) atoms. The number of halogens is 2. The molecular weight excluding hydrogens is 193 g/mol. The zero-order valence-corrected chi connectivity index (χ0v) is 7.85. The Bertz CT molecular complexity index is 317.